The molecule has 1 aromatic heterocycles. The molecule has 6 nitrogen and oxygen atoms in total. The van der Waals surface area contributed by atoms with Crippen molar-refractivity contribution in [1.29, 1.82) is 0 Å². The van der Waals surface area contributed by atoms with E-state index in [-0.39, 0.29) is 11.5 Å². The van der Waals surface area contributed by atoms with Crippen molar-refractivity contribution in [3.8, 4) is 11.5 Å². The summed E-state index contributed by atoms with van der Waals surface area (Å²) < 4.78 is 10.8. The molecule has 0 aliphatic carbocycles. The first-order valence-electron chi connectivity index (χ1n) is 11.4. The molecule has 0 radical (unpaired) electrons. The Balaban J connectivity index is 0.00000145. The highest BCUT2D eigenvalue weighted by Crippen LogP contribution is 2.25. The van der Waals surface area contributed by atoms with Gasteiger partial charge >= 0.3 is 11.9 Å². The maximum Gasteiger partial charge on any atom is 0.336 e. The summed E-state index contributed by atoms with van der Waals surface area (Å²) in [6.07, 6.45) is 5.77. The molecule has 35 heavy (non-hydrogen) atoms. The summed E-state index contributed by atoms with van der Waals surface area (Å²) in [7, 11) is 0. The standard InChI is InChI=1S/C25H23NO5.C2H6.C2H4/c1-2-30-24(27)14-7-18-5-10-21(11-6-18)31-22-12-8-20(9-13-22)23(25(28)29)16-19-4-3-15-26-17-19;2*1-2/h3-6,8-13,15-17H,2,7,14H2,1H3,(H,28,29);1-2H3;1-2H2/b23-16+;;. The number of carbonyl (C=O) groups is 2. The lowest BCUT2D eigenvalue weighted by Crippen LogP contribution is -2.05. The minimum Gasteiger partial charge on any atom is -0.478 e. The van der Waals surface area contributed by atoms with Gasteiger partial charge in [-0.25, -0.2) is 4.79 Å². The highest BCUT2D eigenvalue weighted by molar-refractivity contribution is 6.20. The van der Waals surface area contributed by atoms with Crippen molar-refractivity contribution in [2.24, 2.45) is 0 Å². The molecule has 1 heterocycles. The molecule has 0 unspecified atom stereocenters. The third kappa shape index (κ3) is 10.1. The first-order valence-corrected chi connectivity index (χ1v) is 11.4. The number of aryl methyl sites for hydroxylation is 1. The van der Waals surface area contributed by atoms with Gasteiger partial charge in [-0.3, -0.25) is 9.78 Å². The molecule has 0 aliphatic heterocycles. The van der Waals surface area contributed by atoms with Crippen LogP contribution in [0.1, 0.15) is 43.9 Å². The molecule has 0 amide bonds. The summed E-state index contributed by atoms with van der Waals surface area (Å²) in [5, 5.41) is 9.58. The van der Waals surface area contributed by atoms with Crippen LogP contribution >= 0.6 is 0 Å². The quantitative estimate of drug-likeness (QED) is 0.208. The van der Waals surface area contributed by atoms with E-state index in [9.17, 15) is 14.7 Å². The molecule has 0 fully saturated rings. The Morgan fingerprint density at radius 2 is 1.57 bits per heavy atom. The van der Waals surface area contributed by atoms with Crippen LogP contribution in [0, 0.1) is 0 Å². The normalized spacial score (nSPS) is 10.1. The molecule has 0 aliphatic rings. The van der Waals surface area contributed by atoms with Crippen LogP contribution in [-0.4, -0.2) is 28.6 Å². The summed E-state index contributed by atoms with van der Waals surface area (Å²) in [6.45, 7) is 12.2. The van der Waals surface area contributed by atoms with Gasteiger partial charge in [0.05, 0.1) is 12.2 Å². The molecule has 0 saturated carbocycles. The lowest BCUT2D eigenvalue weighted by molar-refractivity contribution is -0.143. The maximum absolute atomic E-state index is 11.7. The highest BCUT2D eigenvalue weighted by Gasteiger charge is 2.11. The van der Waals surface area contributed by atoms with E-state index in [4.69, 9.17) is 9.47 Å². The van der Waals surface area contributed by atoms with Crippen LogP contribution in [0.5, 0.6) is 11.5 Å². The minimum atomic E-state index is -1.02. The van der Waals surface area contributed by atoms with Crippen molar-refractivity contribution in [2.75, 3.05) is 6.61 Å². The molecule has 3 aromatic rings. The monoisotopic (exact) mass is 475 g/mol. The fourth-order valence-corrected chi connectivity index (χ4v) is 2.94. The number of nitrogens with zero attached hydrogens (tertiary/aromatic N) is 1. The number of carbonyl (C=O) groups excluding carboxylic acids is 1. The summed E-state index contributed by atoms with van der Waals surface area (Å²) in [5.74, 6) is 0.0169. The lowest BCUT2D eigenvalue weighted by Gasteiger charge is -2.09. The number of hydrogen-bond donors (Lipinski definition) is 1. The van der Waals surface area contributed by atoms with Crippen molar-refractivity contribution < 1.29 is 24.2 Å². The molecule has 0 bridgehead atoms. The summed E-state index contributed by atoms with van der Waals surface area (Å²) in [6, 6.07) is 17.9. The second kappa shape index (κ2) is 16.4. The molecule has 2 aromatic carbocycles. The molecule has 1 N–H and O–H groups in total. The molecule has 0 spiro atoms. The Hall–Kier alpha value is -4.19. The zero-order chi connectivity index (χ0) is 26.1. The first-order chi connectivity index (χ1) is 17.0. The average molecular weight is 476 g/mol. The Labute approximate surface area is 207 Å². The van der Waals surface area contributed by atoms with Crippen LogP contribution in [0.2, 0.25) is 0 Å². The van der Waals surface area contributed by atoms with Gasteiger partial charge in [-0.15, -0.1) is 13.2 Å². The first kappa shape index (κ1) is 28.8. The van der Waals surface area contributed by atoms with Crippen LogP contribution in [0.25, 0.3) is 11.6 Å². The number of pyridine rings is 1. The number of esters is 1. The van der Waals surface area contributed by atoms with E-state index in [1.54, 1.807) is 61.8 Å². The van der Waals surface area contributed by atoms with Crippen molar-refractivity contribution in [3.63, 3.8) is 0 Å². The number of carboxylic acids is 1. The zero-order valence-corrected chi connectivity index (χ0v) is 20.6. The molecule has 6 heteroatoms. The van der Waals surface area contributed by atoms with E-state index in [1.165, 1.54) is 0 Å². The van der Waals surface area contributed by atoms with Gasteiger partial charge in [-0.2, -0.15) is 0 Å². The number of aromatic nitrogens is 1. The van der Waals surface area contributed by atoms with E-state index < -0.39 is 5.97 Å². The van der Waals surface area contributed by atoms with Gasteiger partial charge in [0.25, 0.3) is 0 Å². The number of rotatable bonds is 9. The number of aliphatic carboxylic acids is 1. The van der Waals surface area contributed by atoms with Gasteiger partial charge in [0.15, 0.2) is 0 Å². The topological polar surface area (TPSA) is 85.7 Å². The predicted molar refractivity (Wildman–Crippen MR) is 140 cm³/mol. The van der Waals surface area contributed by atoms with Crippen LogP contribution in [0.15, 0.2) is 86.2 Å². The van der Waals surface area contributed by atoms with E-state index in [0.29, 0.717) is 42.1 Å². The maximum atomic E-state index is 11.7. The largest absolute Gasteiger partial charge is 0.478 e. The number of hydrogen-bond acceptors (Lipinski definition) is 5. The molecular weight excluding hydrogens is 442 g/mol. The summed E-state index contributed by atoms with van der Waals surface area (Å²) >= 11 is 0. The van der Waals surface area contributed by atoms with Crippen LogP contribution < -0.4 is 4.74 Å². The van der Waals surface area contributed by atoms with Crippen molar-refractivity contribution in [3.05, 3.63) is 103 Å². The second-order valence-corrected chi connectivity index (χ2v) is 6.72. The SMILES string of the molecule is C=C.CC.CCOC(=O)CCc1ccc(Oc2ccc(/C(=C\c3cccnc3)C(=O)O)cc2)cc1. The van der Waals surface area contributed by atoms with Crippen molar-refractivity contribution in [1.82, 2.24) is 4.98 Å². The summed E-state index contributed by atoms with van der Waals surface area (Å²) in [4.78, 5) is 27.2. The van der Waals surface area contributed by atoms with E-state index in [0.717, 1.165) is 5.56 Å². The van der Waals surface area contributed by atoms with Gasteiger partial charge in [0.2, 0.25) is 0 Å². The predicted octanol–water partition coefficient (Wildman–Crippen LogP) is 6.82. The molecular formula is C29H33NO5. The molecule has 0 saturated heterocycles. The second-order valence-electron chi connectivity index (χ2n) is 6.72. The van der Waals surface area contributed by atoms with Crippen molar-refractivity contribution in [2.45, 2.75) is 33.6 Å². The fourth-order valence-electron chi connectivity index (χ4n) is 2.94. The Morgan fingerprint density at radius 1 is 0.971 bits per heavy atom. The Morgan fingerprint density at radius 3 is 2.09 bits per heavy atom. The fraction of sp³-hybridized carbons (Fsp3) is 0.207. The number of carboxylic acid groups (broad SMARTS) is 1. The molecule has 184 valence electrons. The van der Waals surface area contributed by atoms with Gasteiger partial charge in [0, 0.05) is 18.8 Å². The highest BCUT2D eigenvalue weighted by atomic mass is 16.5. The van der Waals surface area contributed by atoms with E-state index >= 15 is 0 Å². The van der Waals surface area contributed by atoms with Crippen LogP contribution in [0.4, 0.5) is 0 Å². The minimum absolute atomic E-state index is 0.172. The molecule has 0 atom stereocenters. The molecule has 3 rings (SSSR count). The van der Waals surface area contributed by atoms with Gasteiger partial charge in [-0.1, -0.05) is 44.2 Å². The Bertz CT molecular complexity index is 1060. The van der Waals surface area contributed by atoms with E-state index in [1.807, 2.05) is 38.1 Å². The van der Waals surface area contributed by atoms with Crippen molar-refractivity contribution >= 4 is 23.6 Å². The Kier molecular flexibility index (Phi) is 13.5. The smallest absolute Gasteiger partial charge is 0.336 e. The van der Waals surface area contributed by atoms with Crippen LogP contribution in [0.3, 0.4) is 0 Å². The zero-order valence-electron chi connectivity index (χ0n) is 20.6. The number of benzene rings is 2. The number of ether oxygens (including phenoxy) is 2. The lowest BCUT2D eigenvalue weighted by atomic mass is 10.0. The summed E-state index contributed by atoms with van der Waals surface area (Å²) in [5.41, 5.74) is 2.47. The van der Waals surface area contributed by atoms with E-state index in [2.05, 4.69) is 18.1 Å². The van der Waals surface area contributed by atoms with Gasteiger partial charge in [0.1, 0.15) is 11.5 Å². The van der Waals surface area contributed by atoms with Gasteiger partial charge < -0.3 is 14.6 Å². The van der Waals surface area contributed by atoms with Gasteiger partial charge in [-0.05, 0) is 66.4 Å². The van der Waals surface area contributed by atoms with Crippen LogP contribution in [-0.2, 0) is 20.7 Å². The third-order valence-corrected chi connectivity index (χ3v) is 4.47. The average Bonchev–Trinajstić information content (AvgIpc) is 2.90. The third-order valence-electron chi connectivity index (χ3n) is 4.47.